The van der Waals surface area contributed by atoms with Crippen LogP contribution < -0.4 is 16.0 Å². The zero-order valence-electron chi connectivity index (χ0n) is 9.74. The Balaban J connectivity index is 2.29. The maximum Gasteiger partial charge on any atom is 0.242 e. The number of carbonyl (C=O) groups excluding carboxylic acids is 1. The maximum absolute atomic E-state index is 11.8. The highest BCUT2D eigenvalue weighted by Gasteiger charge is 2.31. The molecule has 1 fully saturated rings. The minimum atomic E-state index is -0.122. The lowest BCUT2D eigenvalue weighted by molar-refractivity contribution is -0.121. The SMILES string of the molecule is CNC(=O)C1CCCN1c1ccc(Cl)cc1N. The molecule has 2 rings (SSSR count). The van der Waals surface area contributed by atoms with E-state index < -0.39 is 0 Å². The normalized spacial score (nSPS) is 19.4. The summed E-state index contributed by atoms with van der Waals surface area (Å²) in [6, 6.07) is 5.27. The molecule has 1 aliphatic rings. The van der Waals surface area contributed by atoms with Gasteiger partial charge in [-0.2, -0.15) is 0 Å². The van der Waals surface area contributed by atoms with Crippen molar-refractivity contribution in [2.24, 2.45) is 0 Å². The monoisotopic (exact) mass is 253 g/mol. The van der Waals surface area contributed by atoms with Crippen LogP contribution in [0.1, 0.15) is 12.8 Å². The predicted octanol–water partition coefficient (Wildman–Crippen LogP) is 1.64. The molecule has 1 unspecified atom stereocenters. The van der Waals surface area contributed by atoms with E-state index in [1.807, 2.05) is 11.0 Å². The van der Waals surface area contributed by atoms with Crippen LogP contribution in [0, 0.1) is 0 Å². The minimum absolute atomic E-state index is 0.0388. The molecule has 1 atom stereocenters. The summed E-state index contributed by atoms with van der Waals surface area (Å²) in [5.41, 5.74) is 7.46. The van der Waals surface area contributed by atoms with Crippen molar-refractivity contribution >= 4 is 28.9 Å². The average Bonchev–Trinajstić information content (AvgIpc) is 2.77. The van der Waals surface area contributed by atoms with Gasteiger partial charge in [0, 0.05) is 18.6 Å². The number of amides is 1. The second kappa shape index (κ2) is 4.84. The van der Waals surface area contributed by atoms with Crippen LogP contribution in [0.15, 0.2) is 18.2 Å². The highest BCUT2D eigenvalue weighted by molar-refractivity contribution is 6.31. The molecule has 1 aromatic rings. The molecule has 92 valence electrons. The van der Waals surface area contributed by atoms with E-state index in [9.17, 15) is 4.79 Å². The molecule has 1 aliphatic heterocycles. The molecule has 3 N–H and O–H groups in total. The molecule has 0 aliphatic carbocycles. The quantitative estimate of drug-likeness (QED) is 0.788. The molecule has 1 aromatic carbocycles. The van der Waals surface area contributed by atoms with Gasteiger partial charge in [-0.3, -0.25) is 4.79 Å². The summed E-state index contributed by atoms with van der Waals surface area (Å²) < 4.78 is 0. The highest BCUT2D eigenvalue weighted by atomic mass is 35.5. The highest BCUT2D eigenvalue weighted by Crippen LogP contribution is 2.32. The fraction of sp³-hybridized carbons (Fsp3) is 0.417. The number of nitrogens with two attached hydrogens (primary N) is 1. The zero-order chi connectivity index (χ0) is 12.4. The lowest BCUT2D eigenvalue weighted by Gasteiger charge is -2.26. The average molecular weight is 254 g/mol. The Bertz CT molecular complexity index is 436. The Morgan fingerprint density at radius 1 is 1.59 bits per heavy atom. The number of likely N-dealkylation sites (N-methyl/N-ethyl adjacent to an activating group) is 1. The van der Waals surface area contributed by atoms with Crippen LogP contribution in [-0.2, 0) is 4.79 Å². The second-order valence-electron chi connectivity index (χ2n) is 4.17. The Kier molecular flexibility index (Phi) is 3.43. The predicted molar refractivity (Wildman–Crippen MR) is 70.3 cm³/mol. The van der Waals surface area contributed by atoms with Gasteiger partial charge in [0.15, 0.2) is 0 Å². The molecule has 0 aromatic heterocycles. The number of rotatable bonds is 2. The van der Waals surface area contributed by atoms with Gasteiger partial charge in [-0.15, -0.1) is 0 Å². The van der Waals surface area contributed by atoms with Gasteiger partial charge in [0.05, 0.1) is 11.4 Å². The van der Waals surface area contributed by atoms with Crippen LogP contribution in [-0.4, -0.2) is 25.5 Å². The first-order valence-electron chi connectivity index (χ1n) is 5.66. The van der Waals surface area contributed by atoms with Gasteiger partial charge >= 0.3 is 0 Å². The van der Waals surface area contributed by atoms with Gasteiger partial charge in [-0.1, -0.05) is 11.6 Å². The first-order valence-corrected chi connectivity index (χ1v) is 6.04. The number of anilines is 2. The van der Waals surface area contributed by atoms with Crippen molar-refractivity contribution in [2.45, 2.75) is 18.9 Å². The summed E-state index contributed by atoms with van der Waals surface area (Å²) in [6.07, 6.45) is 1.86. The van der Waals surface area contributed by atoms with Crippen molar-refractivity contribution in [2.75, 3.05) is 24.2 Å². The first kappa shape index (κ1) is 12.0. The van der Waals surface area contributed by atoms with Gasteiger partial charge in [-0.05, 0) is 31.0 Å². The van der Waals surface area contributed by atoms with Crippen molar-refractivity contribution in [3.8, 4) is 0 Å². The molecule has 0 saturated carbocycles. The summed E-state index contributed by atoms with van der Waals surface area (Å²) in [7, 11) is 1.66. The third kappa shape index (κ3) is 2.31. The van der Waals surface area contributed by atoms with Crippen LogP contribution in [0.2, 0.25) is 5.02 Å². The number of nitrogens with zero attached hydrogens (tertiary/aromatic N) is 1. The number of halogens is 1. The van der Waals surface area contributed by atoms with Gasteiger partial charge in [-0.25, -0.2) is 0 Å². The van der Waals surface area contributed by atoms with E-state index in [0.29, 0.717) is 10.7 Å². The fourth-order valence-electron chi connectivity index (χ4n) is 2.28. The lowest BCUT2D eigenvalue weighted by Crippen LogP contribution is -2.42. The number of hydrogen-bond donors (Lipinski definition) is 2. The molecule has 5 heteroatoms. The molecule has 1 saturated heterocycles. The van der Waals surface area contributed by atoms with E-state index in [2.05, 4.69) is 5.32 Å². The zero-order valence-corrected chi connectivity index (χ0v) is 10.5. The summed E-state index contributed by atoms with van der Waals surface area (Å²) in [5, 5.41) is 3.30. The molecule has 1 heterocycles. The van der Waals surface area contributed by atoms with Crippen LogP contribution in [0.4, 0.5) is 11.4 Å². The topological polar surface area (TPSA) is 58.4 Å². The van der Waals surface area contributed by atoms with Crippen LogP contribution >= 0.6 is 11.6 Å². The van der Waals surface area contributed by atoms with E-state index in [4.69, 9.17) is 17.3 Å². The smallest absolute Gasteiger partial charge is 0.242 e. The number of carbonyl (C=O) groups is 1. The molecule has 0 spiro atoms. The van der Waals surface area contributed by atoms with Crippen molar-refractivity contribution in [1.82, 2.24) is 5.32 Å². The molecule has 0 bridgehead atoms. The fourth-order valence-corrected chi connectivity index (χ4v) is 2.46. The largest absolute Gasteiger partial charge is 0.397 e. The number of nitrogen functional groups attached to an aromatic ring is 1. The molecular formula is C12H16ClN3O. The van der Waals surface area contributed by atoms with Crippen LogP contribution in [0.3, 0.4) is 0 Å². The van der Waals surface area contributed by atoms with Gasteiger partial charge in [0.1, 0.15) is 6.04 Å². The molecule has 17 heavy (non-hydrogen) atoms. The lowest BCUT2D eigenvalue weighted by atomic mass is 10.2. The number of nitrogens with one attached hydrogen (secondary N) is 1. The third-order valence-corrected chi connectivity index (χ3v) is 3.34. The van der Waals surface area contributed by atoms with Gasteiger partial charge < -0.3 is 16.0 Å². The number of hydrogen-bond acceptors (Lipinski definition) is 3. The standard InChI is InChI=1S/C12H16ClN3O/c1-15-12(17)11-3-2-6-16(11)10-5-4-8(13)7-9(10)14/h4-5,7,11H,2-3,6,14H2,1H3,(H,15,17). The van der Waals surface area contributed by atoms with Gasteiger partial charge in [0.25, 0.3) is 0 Å². The molecule has 0 radical (unpaired) electrons. The van der Waals surface area contributed by atoms with E-state index in [1.54, 1.807) is 19.2 Å². The summed E-state index contributed by atoms with van der Waals surface area (Å²) in [4.78, 5) is 13.8. The van der Waals surface area contributed by atoms with Crippen LogP contribution in [0.5, 0.6) is 0 Å². The van der Waals surface area contributed by atoms with Crippen molar-refractivity contribution in [1.29, 1.82) is 0 Å². The molecule has 4 nitrogen and oxygen atoms in total. The molecule has 1 amide bonds. The summed E-state index contributed by atoms with van der Waals surface area (Å²) >= 11 is 5.87. The summed E-state index contributed by atoms with van der Waals surface area (Å²) in [6.45, 7) is 0.851. The van der Waals surface area contributed by atoms with E-state index in [1.165, 1.54) is 0 Å². The van der Waals surface area contributed by atoms with Crippen molar-refractivity contribution < 1.29 is 4.79 Å². The first-order chi connectivity index (χ1) is 8.13. The van der Waals surface area contributed by atoms with Crippen LogP contribution in [0.25, 0.3) is 0 Å². The van der Waals surface area contributed by atoms with E-state index >= 15 is 0 Å². The minimum Gasteiger partial charge on any atom is -0.397 e. The van der Waals surface area contributed by atoms with E-state index in [0.717, 1.165) is 25.1 Å². The summed E-state index contributed by atoms with van der Waals surface area (Å²) in [5.74, 6) is 0.0388. The van der Waals surface area contributed by atoms with E-state index in [-0.39, 0.29) is 11.9 Å². The Hall–Kier alpha value is -1.42. The van der Waals surface area contributed by atoms with Crippen molar-refractivity contribution in [3.63, 3.8) is 0 Å². The Morgan fingerprint density at radius 2 is 2.35 bits per heavy atom. The molecular weight excluding hydrogens is 238 g/mol. The third-order valence-electron chi connectivity index (χ3n) is 3.10. The maximum atomic E-state index is 11.8. The Morgan fingerprint density at radius 3 is 3.00 bits per heavy atom. The van der Waals surface area contributed by atoms with Gasteiger partial charge in [0.2, 0.25) is 5.91 Å². The Labute approximate surface area is 106 Å². The van der Waals surface area contributed by atoms with Crippen molar-refractivity contribution in [3.05, 3.63) is 23.2 Å². The second-order valence-corrected chi connectivity index (χ2v) is 4.61. The number of benzene rings is 1.